The quantitative estimate of drug-likeness (QED) is 0.188. The van der Waals surface area contributed by atoms with E-state index in [0.717, 1.165) is 0 Å². The topological polar surface area (TPSA) is 218 Å². The second-order valence-electron chi connectivity index (χ2n) is 9.28. The minimum Gasteiger partial charge on any atom is -0.434 e. The van der Waals surface area contributed by atoms with Gasteiger partial charge in [0.1, 0.15) is 12.7 Å². The minimum absolute atomic E-state index is 0.0133. The number of likely N-dealkylation sites (N-methyl/N-ethyl adjacent to an activating group) is 1. The molecule has 208 valence electrons. The monoisotopic (exact) mass is 545 g/mol. The predicted octanol–water partition coefficient (Wildman–Crippen LogP) is 0.325. The summed E-state index contributed by atoms with van der Waals surface area (Å²) in [4.78, 5) is 60.4. The fraction of sp³-hybridized carbons (Fsp3) is 0.435. The Labute approximate surface area is 220 Å². The summed E-state index contributed by atoms with van der Waals surface area (Å²) in [7, 11) is 3.30. The predicted molar refractivity (Wildman–Crippen MR) is 134 cm³/mol. The molecule has 16 nitrogen and oxygen atoms in total. The number of carbonyl (C=O) groups is 2. The van der Waals surface area contributed by atoms with Crippen molar-refractivity contribution in [1.29, 1.82) is 0 Å². The molecule has 3 aromatic rings. The van der Waals surface area contributed by atoms with E-state index in [1.807, 2.05) is 0 Å². The van der Waals surface area contributed by atoms with Gasteiger partial charge in [-0.15, -0.1) is 0 Å². The molecule has 1 aliphatic heterocycles. The Morgan fingerprint density at radius 3 is 2.77 bits per heavy atom. The first-order valence-electron chi connectivity index (χ1n) is 11.8. The van der Waals surface area contributed by atoms with Crippen LogP contribution in [0.25, 0.3) is 11.2 Å². The summed E-state index contributed by atoms with van der Waals surface area (Å²) in [6.07, 6.45) is -5.84. The van der Waals surface area contributed by atoms with Gasteiger partial charge in [0.2, 0.25) is 5.95 Å². The summed E-state index contributed by atoms with van der Waals surface area (Å²) in [5.41, 5.74) is 5.16. The van der Waals surface area contributed by atoms with Crippen LogP contribution in [-0.4, -0.2) is 91.9 Å². The summed E-state index contributed by atoms with van der Waals surface area (Å²) in [6, 6.07) is 6.04. The molecule has 1 saturated heterocycles. The SMILES string of the molecule is CC(COC(=O)O[C@H]1[C@@H](O)[C@H](n2cnc3c(=O)[nH]c(N)nc32)O[C@@H]1C(=O)CN(C)C)c1ccccc1[N+](=O)[O-]. The molecular formula is C23H27N7O9. The Balaban J connectivity index is 1.54. The number of benzene rings is 1. The van der Waals surface area contributed by atoms with Crippen molar-refractivity contribution < 1.29 is 33.8 Å². The molecule has 1 aromatic carbocycles. The van der Waals surface area contributed by atoms with E-state index in [4.69, 9.17) is 19.9 Å². The van der Waals surface area contributed by atoms with E-state index in [1.54, 1.807) is 38.1 Å². The van der Waals surface area contributed by atoms with Crippen LogP contribution in [-0.2, 0) is 19.0 Å². The number of hydrogen-bond donors (Lipinski definition) is 3. The van der Waals surface area contributed by atoms with E-state index in [0.29, 0.717) is 5.56 Å². The number of hydrogen-bond acceptors (Lipinski definition) is 13. The maximum absolute atomic E-state index is 12.9. The summed E-state index contributed by atoms with van der Waals surface area (Å²) in [5.74, 6) is -1.26. The van der Waals surface area contributed by atoms with Crippen molar-refractivity contribution in [2.45, 2.75) is 37.4 Å². The van der Waals surface area contributed by atoms with Crippen LogP contribution in [0.4, 0.5) is 16.4 Å². The van der Waals surface area contributed by atoms with E-state index in [-0.39, 0.29) is 36.0 Å². The number of aliphatic hydroxyl groups is 1. The highest BCUT2D eigenvalue weighted by Crippen LogP contribution is 2.34. The number of ketones is 1. The molecule has 16 heteroatoms. The summed E-state index contributed by atoms with van der Waals surface area (Å²) < 4.78 is 17.5. The zero-order chi connectivity index (χ0) is 28.4. The number of aromatic amines is 1. The van der Waals surface area contributed by atoms with Gasteiger partial charge in [0.15, 0.2) is 35.4 Å². The van der Waals surface area contributed by atoms with Crippen molar-refractivity contribution in [2.24, 2.45) is 0 Å². The summed E-state index contributed by atoms with van der Waals surface area (Å²) in [6.45, 7) is 1.27. The Morgan fingerprint density at radius 1 is 1.36 bits per heavy atom. The number of aromatic nitrogens is 4. The number of aliphatic hydroxyl groups excluding tert-OH is 1. The van der Waals surface area contributed by atoms with E-state index < -0.39 is 52.9 Å². The third kappa shape index (κ3) is 5.71. The fourth-order valence-electron chi connectivity index (χ4n) is 4.30. The average Bonchev–Trinajstić information content (AvgIpc) is 3.43. The molecule has 0 spiro atoms. The smallest absolute Gasteiger partial charge is 0.434 e. The molecule has 4 N–H and O–H groups in total. The highest BCUT2D eigenvalue weighted by atomic mass is 16.7. The highest BCUT2D eigenvalue weighted by molar-refractivity contribution is 5.86. The van der Waals surface area contributed by atoms with Crippen LogP contribution >= 0.6 is 0 Å². The number of H-pyrrole nitrogens is 1. The van der Waals surface area contributed by atoms with Crippen molar-refractivity contribution in [1.82, 2.24) is 24.4 Å². The first kappa shape index (κ1) is 27.6. The molecule has 0 bridgehead atoms. The number of carbonyl (C=O) groups excluding carboxylic acids is 2. The Bertz CT molecular complexity index is 1450. The lowest BCUT2D eigenvalue weighted by atomic mass is 10.0. The second kappa shape index (κ2) is 11.1. The summed E-state index contributed by atoms with van der Waals surface area (Å²) in [5, 5.41) is 22.4. The first-order chi connectivity index (χ1) is 18.5. The van der Waals surface area contributed by atoms with Gasteiger partial charge in [0, 0.05) is 17.5 Å². The van der Waals surface area contributed by atoms with Gasteiger partial charge < -0.3 is 30.0 Å². The van der Waals surface area contributed by atoms with Gasteiger partial charge in [-0.25, -0.2) is 9.78 Å². The van der Waals surface area contributed by atoms with Crippen LogP contribution in [0.5, 0.6) is 0 Å². The van der Waals surface area contributed by atoms with Gasteiger partial charge in [-0.2, -0.15) is 4.98 Å². The number of nitro groups is 1. The van der Waals surface area contributed by atoms with E-state index in [2.05, 4.69) is 15.0 Å². The van der Waals surface area contributed by atoms with Crippen LogP contribution in [0.2, 0.25) is 0 Å². The number of nitro benzene ring substituents is 1. The number of nitrogen functional groups attached to an aromatic ring is 1. The zero-order valence-corrected chi connectivity index (χ0v) is 21.2. The third-order valence-electron chi connectivity index (χ3n) is 6.08. The zero-order valence-electron chi connectivity index (χ0n) is 21.2. The number of nitrogens with one attached hydrogen (secondary N) is 1. The molecule has 0 aliphatic carbocycles. The maximum atomic E-state index is 12.9. The molecule has 1 unspecified atom stereocenters. The van der Waals surface area contributed by atoms with Crippen molar-refractivity contribution in [2.75, 3.05) is 33.0 Å². The third-order valence-corrected chi connectivity index (χ3v) is 6.08. The molecule has 5 atom stereocenters. The Kier molecular flexibility index (Phi) is 7.89. The number of fused-ring (bicyclic) bond motifs is 1. The van der Waals surface area contributed by atoms with Crippen LogP contribution < -0.4 is 11.3 Å². The van der Waals surface area contributed by atoms with Crippen molar-refractivity contribution in [3.8, 4) is 0 Å². The van der Waals surface area contributed by atoms with Gasteiger partial charge >= 0.3 is 6.16 Å². The van der Waals surface area contributed by atoms with Crippen molar-refractivity contribution >= 4 is 34.7 Å². The largest absolute Gasteiger partial charge is 0.508 e. The number of Topliss-reactive ketones (excluding diaryl/α,β-unsaturated/α-hetero) is 1. The van der Waals surface area contributed by atoms with E-state index in [1.165, 1.54) is 23.0 Å². The van der Waals surface area contributed by atoms with Crippen molar-refractivity contribution in [3.05, 3.63) is 56.6 Å². The van der Waals surface area contributed by atoms with Crippen LogP contribution in [0.1, 0.15) is 24.6 Å². The number of nitrogens with two attached hydrogens (primary N) is 1. The molecule has 4 rings (SSSR count). The Morgan fingerprint density at radius 2 is 2.08 bits per heavy atom. The Hall–Kier alpha value is -4.41. The van der Waals surface area contributed by atoms with Gasteiger partial charge in [0.05, 0.1) is 17.8 Å². The lowest BCUT2D eigenvalue weighted by Crippen LogP contribution is -2.43. The second-order valence-corrected chi connectivity index (χ2v) is 9.28. The molecule has 0 amide bonds. The highest BCUT2D eigenvalue weighted by Gasteiger charge is 2.51. The van der Waals surface area contributed by atoms with E-state index in [9.17, 15) is 29.6 Å². The minimum atomic E-state index is -1.60. The van der Waals surface area contributed by atoms with Crippen molar-refractivity contribution in [3.63, 3.8) is 0 Å². The molecule has 0 saturated carbocycles. The van der Waals surface area contributed by atoms with Crippen LogP contribution in [0.15, 0.2) is 35.4 Å². The normalized spacial score (nSPS) is 21.7. The van der Waals surface area contributed by atoms with Gasteiger partial charge in [0.25, 0.3) is 11.2 Å². The molecular weight excluding hydrogens is 518 g/mol. The lowest BCUT2D eigenvalue weighted by Gasteiger charge is -2.21. The first-order valence-corrected chi connectivity index (χ1v) is 11.8. The number of nitrogens with zero attached hydrogens (tertiary/aromatic N) is 5. The van der Waals surface area contributed by atoms with E-state index >= 15 is 0 Å². The maximum Gasteiger partial charge on any atom is 0.508 e. The molecule has 3 heterocycles. The summed E-state index contributed by atoms with van der Waals surface area (Å²) >= 11 is 0. The molecule has 39 heavy (non-hydrogen) atoms. The lowest BCUT2D eigenvalue weighted by molar-refractivity contribution is -0.385. The number of imidazole rings is 1. The van der Waals surface area contributed by atoms with Crippen LogP contribution in [0, 0.1) is 10.1 Å². The molecule has 2 aromatic heterocycles. The van der Waals surface area contributed by atoms with Gasteiger partial charge in [-0.1, -0.05) is 25.1 Å². The number of para-hydroxylation sites is 1. The number of anilines is 1. The standard InChI is InChI=1S/C23H27N7O9/c1-11(12-6-4-5-7-13(12)30(35)36)9-37-23(34)39-18-16(32)21(38-17(18)14(31)8-28(2)3)29-10-25-15-19(29)26-22(24)27-20(15)33/h4-7,10-11,16-18,21,32H,8-9H2,1-3H3,(H3,24,26,27,33)/t11?,16-,17-,18+,21-/m1/s1. The fourth-order valence-corrected chi connectivity index (χ4v) is 4.30. The molecule has 0 radical (unpaired) electrons. The average molecular weight is 546 g/mol. The number of rotatable bonds is 9. The van der Waals surface area contributed by atoms with Gasteiger partial charge in [-0.3, -0.25) is 29.3 Å². The van der Waals surface area contributed by atoms with Crippen LogP contribution in [0.3, 0.4) is 0 Å². The van der Waals surface area contributed by atoms with Gasteiger partial charge in [-0.05, 0) is 14.1 Å². The molecule has 1 fully saturated rings. The number of ether oxygens (including phenoxy) is 3. The molecule has 1 aliphatic rings.